The first-order valence-electron chi connectivity index (χ1n) is 4.91. The number of rotatable bonds is 6. The maximum Gasteiger partial charge on any atom is 0.133 e. The molecular formula is C11H15BrO3. The van der Waals surface area contributed by atoms with Gasteiger partial charge in [0, 0.05) is 6.61 Å². The summed E-state index contributed by atoms with van der Waals surface area (Å²) in [5.74, 6) is 0.769. The van der Waals surface area contributed by atoms with Crippen LogP contribution < -0.4 is 4.74 Å². The zero-order chi connectivity index (χ0) is 11.1. The van der Waals surface area contributed by atoms with Crippen molar-refractivity contribution in [2.75, 3.05) is 13.2 Å². The van der Waals surface area contributed by atoms with Crippen molar-refractivity contribution in [1.29, 1.82) is 0 Å². The molecule has 0 fully saturated rings. The van der Waals surface area contributed by atoms with Crippen molar-refractivity contribution in [3.8, 4) is 5.75 Å². The van der Waals surface area contributed by atoms with Gasteiger partial charge in [0.1, 0.15) is 5.75 Å². The maximum absolute atomic E-state index is 8.91. The molecule has 1 rings (SSSR count). The normalized spacial score (nSPS) is 10.3. The van der Waals surface area contributed by atoms with Gasteiger partial charge in [-0.2, -0.15) is 0 Å². The van der Waals surface area contributed by atoms with Gasteiger partial charge in [0.2, 0.25) is 0 Å². The summed E-state index contributed by atoms with van der Waals surface area (Å²) in [6, 6.07) is 5.49. The third kappa shape index (κ3) is 4.20. The van der Waals surface area contributed by atoms with Crippen molar-refractivity contribution < 1.29 is 14.9 Å². The lowest BCUT2D eigenvalue weighted by molar-refractivity contribution is 0.252. The van der Waals surface area contributed by atoms with E-state index in [4.69, 9.17) is 14.9 Å². The molecule has 0 aromatic heterocycles. The lowest BCUT2D eigenvalue weighted by atomic mass is 10.2. The van der Waals surface area contributed by atoms with Gasteiger partial charge >= 0.3 is 0 Å². The molecule has 0 aliphatic carbocycles. The SMILES string of the molecule is OCCCCOc1ccc(CO)cc1Br. The van der Waals surface area contributed by atoms with Crippen LogP contribution in [-0.2, 0) is 6.61 Å². The molecule has 0 spiro atoms. The largest absolute Gasteiger partial charge is 0.492 e. The highest BCUT2D eigenvalue weighted by Gasteiger charge is 2.01. The lowest BCUT2D eigenvalue weighted by Gasteiger charge is -2.08. The summed E-state index contributed by atoms with van der Waals surface area (Å²) < 4.78 is 6.34. The van der Waals surface area contributed by atoms with Crippen LogP contribution in [0.2, 0.25) is 0 Å². The average Bonchev–Trinajstić information content (AvgIpc) is 2.26. The van der Waals surface area contributed by atoms with Crippen molar-refractivity contribution in [2.45, 2.75) is 19.4 Å². The van der Waals surface area contributed by atoms with E-state index in [1.54, 1.807) is 0 Å². The lowest BCUT2D eigenvalue weighted by Crippen LogP contribution is -1.99. The van der Waals surface area contributed by atoms with E-state index in [1.807, 2.05) is 18.2 Å². The molecule has 84 valence electrons. The summed E-state index contributed by atoms with van der Waals surface area (Å²) in [5.41, 5.74) is 0.851. The summed E-state index contributed by atoms with van der Waals surface area (Å²) >= 11 is 3.37. The van der Waals surface area contributed by atoms with Crippen molar-refractivity contribution in [1.82, 2.24) is 0 Å². The van der Waals surface area contributed by atoms with E-state index >= 15 is 0 Å². The molecule has 0 radical (unpaired) electrons. The standard InChI is InChI=1S/C11H15BrO3/c12-10-7-9(8-14)3-4-11(10)15-6-2-1-5-13/h3-4,7,13-14H,1-2,5-6,8H2. The van der Waals surface area contributed by atoms with Crippen LogP contribution in [0.15, 0.2) is 22.7 Å². The maximum atomic E-state index is 8.91. The number of unbranched alkanes of at least 4 members (excludes halogenated alkanes) is 1. The van der Waals surface area contributed by atoms with Gasteiger partial charge in [-0.25, -0.2) is 0 Å². The van der Waals surface area contributed by atoms with Crippen LogP contribution in [-0.4, -0.2) is 23.4 Å². The smallest absolute Gasteiger partial charge is 0.133 e. The summed E-state index contributed by atoms with van der Waals surface area (Å²) in [4.78, 5) is 0. The summed E-state index contributed by atoms with van der Waals surface area (Å²) in [6.45, 7) is 0.828. The molecule has 1 aromatic rings. The van der Waals surface area contributed by atoms with Gasteiger partial charge in [0.15, 0.2) is 0 Å². The van der Waals surface area contributed by atoms with E-state index in [0.717, 1.165) is 28.6 Å². The second kappa shape index (κ2) is 6.82. The minimum atomic E-state index is 0.0311. The minimum Gasteiger partial charge on any atom is -0.492 e. The second-order valence-electron chi connectivity index (χ2n) is 3.20. The van der Waals surface area contributed by atoms with E-state index in [1.165, 1.54) is 0 Å². The van der Waals surface area contributed by atoms with Crippen LogP contribution in [0.1, 0.15) is 18.4 Å². The topological polar surface area (TPSA) is 49.7 Å². The number of halogens is 1. The summed E-state index contributed by atoms with van der Waals surface area (Å²) in [7, 11) is 0. The van der Waals surface area contributed by atoms with Crippen LogP contribution in [0.25, 0.3) is 0 Å². The third-order valence-electron chi connectivity index (χ3n) is 1.99. The molecule has 1 aromatic carbocycles. The van der Waals surface area contributed by atoms with Crippen molar-refractivity contribution >= 4 is 15.9 Å². The fourth-order valence-corrected chi connectivity index (χ4v) is 1.70. The molecule has 0 amide bonds. The Hall–Kier alpha value is -0.580. The van der Waals surface area contributed by atoms with Crippen LogP contribution in [0, 0.1) is 0 Å². The van der Waals surface area contributed by atoms with E-state index in [2.05, 4.69) is 15.9 Å². The Morgan fingerprint density at radius 3 is 2.60 bits per heavy atom. The third-order valence-corrected chi connectivity index (χ3v) is 2.61. The van der Waals surface area contributed by atoms with Crippen LogP contribution in [0.4, 0.5) is 0 Å². The second-order valence-corrected chi connectivity index (χ2v) is 4.06. The molecule has 0 saturated carbocycles. The molecule has 15 heavy (non-hydrogen) atoms. The van der Waals surface area contributed by atoms with Gasteiger partial charge in [0.25, 0.3) is 0 Å². The van der Waals surface area contributed by atoms with E-state index < -0.39 is 0 Å². The van der Waals surface area contributed by atoms with E-state index in [0.29, 0.717) is 6.61 Å². The van der Waals surface area contributed by atoms with Gasteiger partial charge in [-0.3, -0.25) is 0 Å². The van der Waals surface area contributed by atoms with Crippen molar-refractivity contribution in [3.63, 3.8) is 0 Å². The van der Waals surface area contributed by atoms with Crippen LogP contribution in [0.3, 0.4) is 0 Å². The number of ether oxygens (including phenoxy) is 1. The first kappa shape index (κ1) is 12.5. The van der Waals surface area contributed by atoms with E-state index in [9.17, 15) is 0 Å². The Labute approximate surface area is 97.8 Å². The Morgan fingerprint density at radius 2 is 2.00 bits per heavy atom. The Morgan fingerprint density at radius 1 is 1.20 bits per heavy atom. The van der Waals surface area contributed by atoms with Gasteiger partial charge in [-0.1, -0.05) is 6.07 Å². The van der Waals surface area contributed by atoms with E-state index in [-0.39, 0.29) is 13.2 Å². The quantitative estimate of drug-likeness (QED) is 0.782. The molecule has 0 atom stereocenters. The van der Waals surface area contributed by atoms with Crippen LogP contribution in [0.5, 0.6) is 5.75 Å². The van der Waals surface area contributed by atoms with Crippen molar-refractivity contribution in [3.05, 3.63) is 28.2 Å². The predicted molar refractivity (Wildman–Crippen MR) is 61.9 cm³/mol. The molecular weight excluding hydrogens is 260 g/mol. The molecule has 0 unspecified atom stereocenters. The Bertz CT molecular complexity index is 302. The number of benzene rings is 1. The Balaban J connectivity index is 2.47. The van der Waals surface area contributed by atoms with Gasteiger partial charge in [-0.05, 0) is 46.5 Å². The summed E-state index contributed by atoms with van der Waals surface area (Å²) in [6.07, 6.45) is 1.59. The Kier molecular flexibility index (Phi) is 5.68. The molecule has 4 heteroatoms. The highest BCUT2D eigenvalue weighted by molar-refractivity contribution is 9.10. The van der Waals surface area contributed by atoms with Crippen LogP contribution >= 0.6 is 15.9 Å². The molecule has 3 nitrogen and oxygen atoms in total. The zero-order valence-electron chi connectivity index (χ0n) is 8.45. The number of hydrogen-bond acceptors (Lipinski definition) is 3. The fraction of sp³-hybridized carbons (Fsp3) is 0.455. The molecule has 0 saturated heterocycles. The first-order chi connectivity index (χ1) is 7.27. The average molecular weight is 275 g/mol. The summed E-state index contributed by atoms with van der Waals surface area (Å²) in [5, 5.41) is 17.5. The van der Waals surface area contributed by atoms with Gasteiger partial charge < -0.3 is 14.9 Å². The number of aliphatic hydroxyl groups is 2. The van der Waals surface area contributed by atoms with Gasteiger partial charge in [-0.15, -0.1) is 0 Å². The number of hydrogen-bond donors (Lipinski definition) is 2. The molecule has 0 aliphatic rings. The molecule has 0 heterocycles. The minimum absolute atomic E-state index is 0.0311. The zero-order valence-corrected chi connectivity index (χ0v) is 10.0. The molecule has 2 N–H and O–H groups in total. The first-order valence-corrected chi connectivity index (χ1v) is 5.70. The van der Waals surface area contributed by atoms with Crippen molar-refractivity contribution in [2.24, 2.45) is 0 Å². The molecule has 0 aliphatic heterocycles. The fourth-order valence-electron chi connectivity index (χ4n) is 1.16. The number of aliphatic hydroxyl groups excluding tert-OH is 2. The highest BCUT2D eigenvalue weighted by Crippen LogP contribution is 2.26. The van der Waals surface area contributed by atoms with Gasteiger partial charge in [0.05, 0.1) is 17.7 Å². The predicted octanol–water partition coefficient (Wildman–Crippen LogP) is 2.09. The molecule has 0 bridgehead atoms. The monoisotopic (exact) mass is 274 g/mol. The highest BCUT2D eigenvalue weighted by atomic mass is 79.9.